The van der Waals surface area contributed by atoms with Gasteiger partial charge in [0, 0.05) is 8.95 Å². The highest BCUT2D eigenvalue weighted by Gasteiger charge is 2.21. The molecule has 0 nitrogen and oxygen atoms in total. The molecule has 2 aromatic rings. The molecule has 0 saturated heterocycles. The fourth-order valence-electron chi connectivity index (χ4n) is 3.02. The third-order valence-corrected chi connectivity index (χ3v) is 7.62. The Bertz CT molecular complexity index is 566. The summed E-state index contributed by atoms with van der Waals surface area (Å²) in [5, 5.41) is 2.93. The standard InChI is InChI=1S/C20H25Br2P/c1-15(13-20(2,3)4)14-23(18-9-5-16(21)6-10-18)19-11-7-17(22)8-12-19/h5-12,15H,13-14H2,1-4H3. The third-order valence-electron chi connectivity index (χ3n) is 3.73. The van der Waals surface area contributed by atoms with Gasteiger partial charge in [-0.3, -0.25) is 0 Å². The smallest absolute Gasteiger partial charge is 0.0175 e. The van der Waals surface area contributed by atoms with Crippen LogP contribution < -0.4 is 10.6 Å². The zero-order chi connectivity index (χ0) is 17.0. The van der Waals surface area contributed by atoms with Crippen LogP contribution in [0.4, 0.5) is 0 Å². The van der Waals surface area contributed by atoms with Gasteiger partial charge in [-0.25, -0.2) is 0 Å². The molecule has 0 aromatic heterocycles. The molecule has 0 bridgehead atoms. The fourth-order valence-corrected chi connectivity index (χ4v) is 6.04. The van der Waals surface area contributed by atoms with Crippen molar-refractivity contribution in [2.75, 3.05) is 6.16 Å². The molecule has 2 aromatic carbocycles. The van der Waals surface area contributed by atoms with E-state index in [4.69, 9.17) is 0 Å². The molecule has 124 valence electrons. The minimum absolute atomic E-state index is 0.310. The molecule has 3 heteroatoms. The Labute approximate surface area is 159 Å². The van der Waals surface area contributed by atoms with Crippen molar-refractivity contribution in [3.05, 3.63) is 57.5 Å². The van der Waals surface area contributed by atoms with Gasteiger partial charge in [0.2, 0.25) is 0 Å². The Balaban J connectivity index is 2.27. The third kappa shape index (κ3) is 6.33. The number of halogens is 2. The lowest BCUT2D eigenvalue weighted by Gasteiger charge is -2.27. The molecule has 1 atom stereocenters. The van der Waals surface area contributed by atoms with Crippen molar-refractivity contribution < 1.29 is 0 Å². The van der Waals surface area contributed by atoms with E-state index in [1.54, 1.807) is 0 Å². The maximum Gasteiger partial charge on any atom is 0.0175 e. The van der Waals surface area contributed by atoms with Gasteiger partial charge < -0.3 is 0 Å². The summed E-state index contributed by atoms with van der Waals surface area (Å²) in [5.41, 5.74) is 0.389. The lowest BCUT2D eigenvalue weighted by Crippen LogP contribution is -2.20. The molecule has 0 amide bonds. The van der Waals surface area contributed by atoms with E-state index in [-0.39, 0.29) is 7.92 Å². The second kappa shape index (κ2) is 8.28. The molecular weight excluding hydrogens is 431 g/mol. The Morgan fingerprint density at radius 3 is 1.57 bits per heavy atom. The van der Waals surface area contributed by atoms with Crippen LogP contribution in [0.15, 0.2) is 57.5 Å². The van der Waals surface area contributed by atoms with Gasteiger partial charge in [0.15, 0.2) is 0 Å². The second-order valence-corrected chi connectivity index (χ2v) is 11.5. The first-order valence-electron chi connectivity index (χ1n) is 8.03. The Hall–Kier alpha value is -0.170. The van der Waals surface area contributed by atoms with E-state index in [1.807, 2.05) is 0 Å². The van der Waals surface area contributed by atoms with Gasteiger partial charge in [-0.15, -0.1) is 0 Å². The van der Waals surface area contributed by atoms with Gasteiger partial charge >= 0.3 is 0 Å². The molecule has 0 aliphatic rings. The molecule has 1 unspecified atom stereocenters. The first kappa shape index (κ1) is 19.2. The number of hydrogen-bond acceptors (Lipinski definition) is 0. The topological polar surface area (TPSA) is 0 Å². The highest BCUT2D eigenvalue weighted by atomic mass is 79.9. The van der Waals surface area contributed by atoms with Gasteiger partial charge in [0.25, 0.3) is 0 Å². The monoisotopic (exact) mass is 454 g/mol. The SMILES string of the molecule is CC(CP(c1ccc(Br)cc1)c1ccc(Br)cc1)CC(C)(C)C. The van der Waals surface area contributed by atoms with Crippen molar-refractivity contribution >= 4 is 50.4 Å². The normalized spacial score (nSPS) is 13.3. The van der Waals surface area contributed by atoms with Gasteiger partial charge in [0.1, 0.15) is 0 Å². The summed E-state index contributed by atoms with van der Waals surface area (Å²) in [6.45, 7) is 9.42. The molecule has 0 fully saturated rings. The Kier molecular flexibility index (Phi) is 6.89. The van der Waals surface area contributed by atoms with Gasteiger partial charge in [-0.2, -0.15) is 0 Å². The minimum atomic E-state index is -0.310. The molecular formula is C20H25Br2P. The molecule has 0 saturated carbocycles. The van der Waals surface area contributed by atoms with Crippen molar-refractivity contribution in [3.8, 4) is 0 Å². The highest BCUT2D eigenvalue weighted by Crippen LogP contribution is 2.39. The summed E-state index contributed by atoms with van der Waals surface area (Å²) in [4.78, 5) is 0. The first-order chi connectivity index (χ1) is 10.7. The molecule has 0 aliphatic carbocycles. The number of hydrogen-bond donors (Lipinski definition) is 0. The predicted molar refractivity (Wildman–Crippen MR) is 113 cm³/mol. The average Bonchev–Trinajstić information content (AvgIpc) is 2.45. The first-order valence-corrected chi connectivity index (χ1v) is 11.1. The Morgan fingerprint density at radius 2 is 1.22 bits per heavy atom. The van der Waals surface area contributed by atoms with E-state index in [2.05, 4.69) is 108 Å². The summed E-state index contributed by atoms with van der Waals surface area (Å²) in [6.07, 6.45) is 2.51. The summed E-state index contributed by atoms with van der Waals surface area (Å²) in [5.74, 6) is 0.716. The van der Waals surface area contributed by atoms with Crippen LogP contribution in [-0.2, 0) is 0 Å². The molecule has 0 radical (unpaired) electrons. The maximum atomic E-state index is 3.55. The zero-order valence-corrected chi connectivity index (χ0v) is 18.4. The van der Waals surface area contributed by atoms with E-state index < -0.39 is 0 Å². The van der Waals surface area contributed by atoms with Gasteiger partial charge in [-0.1, -0.05) is 83.8 Å². The van der Waals surface area contributed by atoms with Crippen LogP contribution in [0.25, 0.3) is 0 Å². The van der Waals surface area contributed by atoms with Gasteiger partial charge in [0.05, 0.1) is 0 Å². The largest absolute Gasteiger partial charge is 0.0621 e. The van der Waals surface area contributed by atoms with Crippen molar-refractivity contribution in [2.45, 2.75) is 34.1 Å². The lowest BCUT2D eigenvalue weighted by molar-refractivity contribution is 0.323. The molecule has 23 heavy (non-hydrogen) atoms. The second-order valence-electron chi connectivity index (χ2n) is 7.43. The van der Waals surface area contributed by atoms with Crippen molar-refractivity contribution in [1.29, 1.82) is 0 Å². The molecule has 0 N–H and O–H groups in total. The zero-order valence-electron chi connectivity index (χ0n) is 14.3. The van der Waals surface area contributed by atoms with Crippen molar-refractivity contribution in [3.63, 3.8) is 0 Å². The Morgan fingerprint density at radius 1 is 0.826 bits per heavy atom. The van der Waals surface area contributed by atoms with E-state index in [1.165, 1.54) is 23.2 Å². The summed E-state index contributed by atoms with van der Waals surface area (Å²) in [7, 11) is -0.310. The maximum absolute atomic E-state index is 3.55. The summed E-state index contributed by atoms with van der Waals surface area (Å²) in [6, 6.07) is 17.8. The predicted octanol–water partition coefficient (Wildman–Crippen LogP) is 6.72. The lowest BCUT2D eigenvalue weighted by atomic mass is 9.86. The molecule has 0 heterocycles. The van der Waals surface area contributed by atoms with Crippen LogP contribution in [0.1, 0.15) is 34.1 Å². The fraction of sp³-hybridized carbons (Fsp3) is 0.400. The van der Waals surface area contributed by atoms with Gasteiger partial charge in [-0.05, 0) is 66.7 Å². The number of benzene rings is 2. The van der Waals surface area contributed by atoms with Crippen LogP contribution >= 0.6 is 39.8 Å². The van der Waals surface area contributed by atoms with E-state index in [0.29, 0.717) is 11.3 Å². The average molecular weight is 456 g/mol. The molecule has 2 rings (SSSR count). The number of rotatable bonds is 5. The highest BCUT2D eigenvalue weighted by molar-refractivity contribution is 9.10. The van der Waals surface area contributed by atoms with Crippen LogP contribution in [-0.4, -0.2) is 6.16 Å². The van der Waals surface area contributed by atoms with Crippen LogP contribution in [0, 0.1) is 11.3 Å². The van der Waals surface area contributed by atoms with E-state index in [9.17, 15) is 0 Å². The van der Waals surface area contributed by atoms with Crippen molar-refractivity contribution in [1.82, 2.24) is 0 Å². The van der Waals surface area contributed by atoms with E-state index in [0.717, 1.165) is 8.95 Å². The minimum Gasteiger partial charge on any atom is -0.0621 e. The van der Waals surface area contributed by atoms with Crippen LogP contribution in [0.3, 0.4) is 0 Å². The summed E-state index contributed by atoms with van der Waals surface area (Å²) >= 11 is 7.10. The van der Waals surface area contributed by atoms with E-state index >= 15 is 0 Å². The molecule has 0 aliphatic heterocycles. The van der Waals surface area contributed by atoms with Crippen LogP contribution in [0.2, 0.25) is 0 Å². The van der Waals surface area contributed by atoms with Crippen LogP contribution in [0.5, 0.6) is 0 Å². The quantitative estimate of drug-likeness (QED) is 0.439. The molecule has 0 spiro atoms. The van der Waals surface area contributed by atoms with Crippen molar-refractivity contribution in [2.24, 2.45) is 11.3 Å². The summed E-state index contributed by atoms with van der Waals surface area (Å²) < 4.78 is 2.30.